The Balaban J connectivity index is 1.73. The fraction of sp³-hybridized carbons (Fsp3) is 0.929. The lowest BCUT2D eigenvalue weighted by Crippen LogP contribution is -2.41. The first-order chi connectivity index (χ1) is 8.44. The standard InChI is InChI=1S/C14H26N2O2/c1-14(2,3)18-13(17)15-11-8-9-16(10-11)12-6-4-5-7-12/h11-12H,4-10H2,1-3H3,(H,15,17). The minimum Gasteiger partial charge on any atom is -0.444 e. The van der Waals surface area contributed by atoms with Crippen molar-refractivity contribution < 1.29 is 9.53 Å². The van der Waals surface area contributed by atoms with Crippen molar-refractivity contribution in [3.8, 4) is 0 Å². The first-order valence-electron chi connectivity index (χ1n) is 7.17. The highest BCUT2D eigenvalue weighted by molar-refractivity contribution is 5.68. The summed E-state index contributed by atoms with van der Waals surface area (Å²) in [6, 6.07) is 1.02. The minimum absolute atomic E-state index is 0.264. The molecule has 2 rings (SSSR count). The van der Waals surface area contributed by atoms with Crippen molar-refractivity contribution in [2.75, 3.05) is 13.1 Å². The van der Waals surface area contributed by atoms with Crippen LogP contribution in [0.1, 0.15) is 52.9 Å². The normalized spacial score (nSPS) is 26.5. The molecule has 1 saturated carbocycles. The van der Waals surface area contributed by atoms with E-state index in [1.165, 1.54) is 25.7 Å². The summed E-state index contributed by atoms with van der Waals surface area (Å²) in [5, 5.41) is 2.99. The van der Waals surface area contributed by atoms with Gasteiger partial charge in [-0.15, -0.1) is 0 Å². The lowest BCUT2D eigenvalue weighted by atomic mass is 10.2. The summed E-state index contributed by atoms with van der Waals surface area (Å²) in [7, 11) is 0. The van der Waals surface area contributed by atoms with E-state index in [1.807, 2.05) is 20.8 Å². The second-order valence-electron chi connectivity index (χ2n) is 6.57. The van der Waals surface area contributed by atoms with Gasteiger partial charge in [-0.3, -0.25) is 4.90 Å². The van der Waals surface area contributed by atoms with Crippen molar-refractivity contribution >= 4 is 6.09 Å². The van der Waals surface area contributed by atoms with Gasteiger partial charge in [-0.2, -0.15) is 0 Å². The van der Waals surface area contributed by atoms with Crippen LogP contribution in [-0.4, -0.2) is 41.8 Å². The van der Waals surface area contributed by atoms with Gasteiger partial charge < -0.3 is 10.1 Å². The third kappa shape index (κ3) is 3.87. The lowest BCUT2D eigenvalue weighted by Gasteiger charge is -2.24. The number of carbonyl (C=O) groups excluding carboxylic acids is 1. The quantitative estimate of drug-likeness (QED) is 0.823. The fourth-order valence-electron chi connectivity index (χ4n) is 2.98. The van der Waals surface area contributed by atoms with Gasteiger partial charge in [0, 0.05) is 25.2 Å². The molecule has 0 radical (unpaired) electrons. The molecule has 0 bridgehead atoms. The van der Waals surface area contributed by atoms with Gasteiger partial charge in [0.25, 0.3) is 0 Å². The Morgan fingerprint density at radius 1 is 1.22 bits per heavy atom. The van der Waals surface area contributed by atoms with Crippen LogP contribution < -0.4 is 5.32 Å². The van der Waals surface area contributed by atoms with Crippen LogP contribution in [0, 0.1) is 0 Å². The fourth-order valence-corrected chi connectivity index (χ4v) is 2.98. The molecule has 0 aromatic heterocycles. The van der Waals surface area contributed by atoms with Crippen molar-refractivity contribution in [2.24, 2.45) is 0 Å². The number of rotatable bonds is 2. The molecule has 0 aromatic carbocycles. The van der Waals surface area contributed by atoms with Crippen LogP contribution in [0.25, 0.3) is 0 Å². The van der Waals surface area contributed by atoms with Crippen molar-refractivity contribution in [1.29, 1.82) is 0 Å². The highest BCUT2D eigenvalue weighted by Crippen LogP contribution is 2.26. The third-order valence-electron chi connectivity index (χ3n) is 3.78. The molecular weight excluding hydrogens is 228 g/mol. The van der Waals surface area contributed by atoms with Crippen LogP contribution in [0.15, 0.2) is 0 Å². The van der Waals surface area contributed by atoms with Crippen molar-refractivity contribution in [1.82, 2.24) is 10.2 Å². The molecule has 0 spiro atoms. The Hall–Kier alpha value is -0.770. The summed E-state index contributed by atoms with van der Waals surface area (Å²) >= 11 is 0. The molecule has 1 heterocycles. The molecule has 1 amide bonds. The van der Waals surface area contributed by atoms with Crippen molar-refractivity contribution in [3.05, 3.63) is 0 Å². The molecule has 18 heavy (non-hydrogen) atoms. The molecule has 1 unspecified atom stereocenters. The maximum atomic E-state index is 11.7. The van der Waals surface area contributed by atoms with Gasteiger partial charge >= 0.3 is 6.09 Å². The zero-order chi connectivity index (χ0) is 13.2. The van der Waals surface area contributed by atoms with Gasteiger partial charge in [-0.25, -0.2) is 4.79 Å². The molecule has 104 valence electrons. The second-order valence-corrected chi connectivity index (χ2v) is 6.57. The van der Waals surface area contributed by atoms with E-state index in [4.69, 9.17) is 4.74 Å². The number of alkyl carbamates (subject to hydrolysis) is 1. The average Bonchev–Trinajstić information content (AvgIpc) is 2.82. The highest BCUT2D eigenvalue weighted by Gasteiger charge is 2.31. The Labute approximate surface area is 110 Å². The van der Waals surface area contributed by atoms with E-state index in [9.17, 15) is 4.79 Å². The summed E-state index contributed by atoms with van der Waals surface area (Å²) < 4.78 is 5.29. The summed E-state index contributed by atoms with van der Waals surface area (Å²) in [5.41, 5.74) is -0.409. The van der Waals surface area contributed by atoms with Crippen LogP contribution in [0.2, 0.25) is 0 Å². The maximum absolute atomic E-state index is 11.7. The molecule has 2 fully saturated rings. The number of nitrogens with one attached hydrogen (secondary N) is 1. The molecule has 1 saturated heterocycles. The molecule has 2 aliphatic rings. The molecule has 1 atom stereocenters. The molecule has 1 N–H and O–H groups in total. The van der Waals surface area contributed by atoms with Gasteiger partial charge in [0.1, 0.15) is 5.60 Å². The zero-order valence-corrected chi connectivity index (χ0v) is 11.9. The number of ether oxygens (including phenoxy) is 1. The number of nitrogens with zero attached hydrogens (tertiary/aromatic N) is 1. The second kappa shape index (κ2) is 5.47. The van der Waals surface area contributed by atoms with Crippen LogP contribution in [0.3, 0.4) is 0 Å². The van der Waals surface area contributed by atoms with Crippen LogP contribution in [-0.2, 0) is 4.74 Å². The monoisotopic (exact) mass is 254 g/mol. The third-order valence-corrected chi connectivity index (χ3v) is 3.78. The summed E-state index contributed by atoms with van der Waals surface area (Å²) in [4.78, 5) is 14.2. The van der Waals surface area contributed by atoms with Gasteiger partial charge in [-0.1, -0.05) is 12.8 Å². The molecular formula is C14H26N2O2. The lowest BCUT2D eigenvalue weighted by molar-refractivity contribution is 0.0504. The summed E-state index contributed by atoms with van der Waals surface area (Å²) in [5.74, 6) is 0. The molecule has 1 aliphatic carbocycles. The Morgan fingerprint density at radius 3 is 2.50 bits per heavy atom. The number of amides is 1. The van der Waals surface area contributed by atoms with Crippen LogP contribution in [0.4, 0.5) is 4.79 Å². The smallest absolute Gasteiger partial charge is 0.407 e. The van der Waals surface area contributed by atoms with Crippen molar-refractivity contribution in [2.45, 2.75) is 70.6 Å². The Morgan fingerprint density at radius 2 is 1.89 bits per heavy atom. The molecule has 0 aromatic rings. The van der Waals surface area contributed by atoms with E-state index >= 15 is 0 Å². The van der Waals surface area contributed by atoms with E-state index in [0.717, 1.165) is 25.6 Å². The Kier molecular flexibility index (Phi) is 4.15. The predicted molar refractivity (Wildman–Crippen MR) is 71.6 cm³/mol. The van der Waals surface area contributed by atoms with Crippen LogP contribution in [0.5, 0.6) is 0 Å². The van der Waals surface area contributed by atoms with E-state index < -0.39 is 5.60 Å². The van der Waals surface area contributed by atoms with Gasteiger partial charge in [0.15, 0.2) is 0 Å². The van der Waals surface area contributed by atoms with Gasteiger partial charge in [-0.05, 0) is 40.0 Å². The van der Waals surface area contributed by atoms with Crippen LogP contribution >= 0.6 is 0 Å². The van der Waals surface area contributed by atoms with E-state index in [-0.39, 0.29) is 12.1 Å². The van der Waals surface area contributed by atoms with Gasteiger partial charge in [0.2, 0.25) is 0 Å². The minimum atomic E-state index is -0.409. The first kappa shape index (κ1) is 13.7. The molecule has 1 aliphatic heterocycles. The number of hydrogen-bond acceptors (Lipinski definition) is 3. The number of hydrogen-bond donors (Lipinski definition) is 1. The molecule has 4 heteroatoms. The van der Waals surface area contributed by atoms with Crippen molar-refractivity contribution in [3.63, 3.8) is 0 Å². The largest absolute Gasteiger partial charge is 0.444 e. The zero-order valence-electron chi connectivity index (χ0n) is 11.9. The number of likely N-dealkylation sites (tertiary alicyclic amines) is 1. The summed E-state index contributed by atoms with van der Waals surface area (Å²) in [6.07, 6.45) is 6.17. The SMILES string of the molecule is CC(C)(C)OC(=O)NC1CCN(C2CCCC2)C1. The Bertz CT molecular complexity index is 293. The highest BCUT2D eigenvalue weighted by atomic mass is 16.6. The average molecular weight is 254 g/mol. The molecule has 4 nitrogen and oxygen atoms in total. The van der Waals surface area contributed by atoms with E-state index in [2.05, 4.69) is 10.2 Å². The summed E-state index contributed by atoms with van der Waals surface area (Å²) in [6.45, 7) is 7.79. The first-order valence-corrected chi connectivity index (χ1v) is 7.17. The van der Waals surface area contributed by atoms with E-state index in [1.54, 1.807) is 0 Å². The maximum Gasteiger partial charge on any atom is 0.407 e. The predicted octanol–water partition coefficient (Wildman–Crippen LogP) is 2.53. The van der Waals surface area contributed by atoms with Gasteiger partial charge in [0.05, 0.1) is 0 Å². The number of carbonyl (C=O) groups is 1. The topological polar surface area (TPSA) is 41.6 Å². The van der Waals surface area contributed by atoms with E-state index in [0.29, 0.717) is 0 Å².